The maximum atomic E-state index is 12.4. The molecule has 1 fully saturated rings. The summed E-state index contributed by atoms with van der Waals surface area (Å²) in [5.41, 5.74) is 1.85. The van der Waals surface area contributed by atoms with E-state index >= 15 is 0 Å². The summed E-state index contributed by atoms with van der Waals surface area (Å²) in [7, 11) is 0. The highest BCUT2D eigenvalue weighted by Crippen LogP contribution is 2.33. The van der Waals surface area contributed by atoms with Gasteiger partial charge in [0.25, 0.3) is 5.91 Å². The maximum absolute atomic E-state index is 12.4. The minimum atomic E-state index is -0.733. The Balaban J connectivity index is 1.80. The summed E-state index contributed by atoms with van der Waals surface area (Å²) in [5.74, 6) is -0.356. The number of nitrogens with one attached hydrogen (secondary N) is 1. The summed E-state index contributed by atoms with van der Waals surface area (Å²) in [4.78, 5) is 23.7. The second kappa shape index (κ2) is 10.6. The molecule has 29 heavy (non-hydrogen) atoms. The van der Waals surface area contributed by atoms with Gasteiger partial charge >= 0.3 is 5.97 Å². The first-order valence-electron chi connectivity index (χ1n) is 10.6. The summed E-state index contributed by atoms with van der Waals surface area (Å²) in [6.45, 7) is 7.85. The molecule has 0 radical (unpaired) electrons. The van der Waals surface area contributed by atoms with Gasteiger partial charge in [0.1, 0.15) is 0 Å². The van der Waals surface area contributed by atoms with Crippen molar-refractivity contribution in [2.75, 3.05) is 6.61 Å². The number of hydrogen-bond donors (Lipinski definition) is 2. The second-order valence-electron chi connectivity index (χ2n) is 8.83. The standard InChI is InChI=1S/C24H35NO4/c1-5-20(25-22(26)19-11-9-17(2)10-12-19)16-29-21-8-6-7-18(15-21)13-14-24(3,4)23(27)28/h5,9-12,18,21H,6-8,13-16H2,1-4H3,(H,25,26)(H,27,28)/b20-5+. The van der Waals surface area contributed by atoms with Gasteiger partial charge in [-0.25, -0.2) is 0 Å². The smallest absolute Gasteiger partial charge is 0.309 e. The molecule has 160 valence electrons. The van der Waals surface area contributed by atoms with Crippen LogP contribution in [0.4, 0.5) is 0 Å². The van der Waals surface area contributed by atoms with Crippen LogP contribution in [0.1, 0.15) is 75.2 Å². The highest BCUT2D eigenvalue weighted by atomic mass is 16.5. The van der Waals surface area contributed by atoms with Gasteiger partial charge in [0, 0.05) is 11.3 Å². The van der Waals surface area contributed by atoms with Crippen molar-refractivity contribution in [2.45, 2.75) is 72.3 Å². The molecule has 1 aromatic carbocycles. The minimum Gasteiger partial charge on any atom is -0.481 e. The zero-order valence-corrected chi connectivity index (χ0v) is 18.2. The SMILES string of the molecule is C/C=C(\COC1CCCC(CCC(C)(C)C(=O)O)C1)NC(=O)c1ccc(C)cc1. The van der Waals surface area contributed by atoms with Crippen LogP contribution < -0.4 is 5.32 Å². The molecule has 0 aromatic heterocycles. The highest BCUT2D eigenvalue weighted by Gasteiger charge is 2.30. The Morgan fingerprint density at radius 1 is 1.24 bits per heavy atom. The van der Waals surface area contributed by atoms with Crippen LogP contribution in [-0.2, 0) is 9.53 Å². The number of aliphatic carboxylic acids is 1. The molecule has 2 N–H and O–H groups in total. The lowest BCUT2D eigenvalue weighted by Gasteiger charge is -2.31. The van der Waals surface area contributed by atoms with Crippen molar-refractivity contribution in [3.63, 3.8) is 0 Å². The average molecular weight is 402 g/mol. The van der Waals surface area contributed by atoms with Crippen LogP contribution in [0.3, 0.4) is 0 Å². The molecule has 0 bridgehead atoms. The average Bonchev–Trinajstić information content (AvgIpc) is 2.70. The number of ether oxygens (including phenoxy) is 1. The Hall–Kier alpha value is -2.14. The van der Waals surface area contributed by atoms with Gasteiger partial charge in [-0.1, -0.05) is 36.6 Å². The molecule has 5 nitrogen and oxygen atoms in total. The quantitative estimate of drug-likeness (QED) is 0.604. The van der Waals surface area contributed by atoms with Crippen LogP contribution in [0.25, 0.3) is 0 Å². The topological polar surface area (TPSA) is 75.6 Å². The lowest BCUT2D eigenvalue weighted by molar-refractivity contribution is -0.147. The van der Waals surface area contributed by atoms with Crippen LogP contribution in [0.5, 0.6) is 0 Å². The van der Waals surface area contributed by atoms with Crippen LogP contribution in [0, 0.1) is 18.3 Å². The van der Waals surface area contributed by atoms with E-state index in [9.17, 15) is 14.7 Å². The summed E-state index contributed by atoms with van der Waals surface area (Å²) >= 11 is 0. The lowest BCUT2D eigenvalue weighted by atomic mass is 9.79. The Kier molecular flexibility index (Phi) is 8.45. The Labute approximate surface area is 174 Å². The number of amides is 1. The van der Waals surface area contributed by atoms with Gasteiger partial charge in [0.05, 0.1) is 18.1 Å². The van der Waals surface area contributed by atoms with Crippen molar-refractivity contribution in [2.24, 2.45) is 11.3 Å². The maximum Gasteiger partial charge on any atom is 0.309 e. The first kappa shape index (κ1) is 23.1. The molecule has 0 heterocycles. The number of benzene rings is 1. The number of rotatable bonds is 9. The highest BCUT2D eigenvalue weighted by molar-refractivity contribution is 5.95. The van der Waals surface area contributed by atoms with E-state index in [2.05, 4.69) is 5.32 Å². The Morgan fingerprint density at radius 2 is 1.93 bits per heavy atom. The van der Waals surface area contributed by atoms with Crippen molar-refractivity contribution in [1.29, 1.82) is 0 Å². The third-order valence-corrected chi connectivity index (χ3v) is 5.90. The predicted molar refractivity (Wildman–Crippen MR) is 115 cm³/mol. The fourth-order valence-electron chi connectivity index (χ4n) is 3.65. The fourth-order valence-corrected chi connectivity index (χ4v) is 3.65. The molecule has 2 rings (SSSR count). The molecule has 2 atom stereocenters. The summed E-state index contributed by atoms with van der Waals surface area (Å²) in [6, 6.07) is 7.50. The van der Waals surface area contributed by atoms with Crippen molar-refractivity contribution >= 4 is 11.9 Å². The van der Waals surface area contributed by atoms with Crippen LogP contribution in [0.15, 0.2) is 36.0 Å². The van der Waals surface area contributed by atoms with Crippen LogP contribution >= 0.6 is 0 Å². The van der Waals surface area contributed by atoms with Gasteiger partial charge in [0.2, 0.25) is 0 Å². The molecule has 1 aliphatic rings. The largest absolute Gasteiger partial charge is 0.481 e. The molecule has 0 saturated heterocycles. The van der Waals surface area contributed by atoms with Crippen LogP contribution in [0.2, 0.25) is 0 Å². The van der Waals surface area contributed by atoms with Gasteiger partial charge in [-0.2, -0.15) is 0 Å². The van der Waals surface area contributed by atoms with Crippen molar-refractivity contribution in [3.8, 4) is 0 Å². The van der Waals surface area contributed by atoms with Crippen molar-refractivity contribution in [3.05, 3.63) is 47.2 Å². The Morgan fingerprint density at radius 3 is 2.55 bits per heavy atom. The van der Waals surface area contributed by atoms with Gasteiger partial charge in [-0.15, -0.1) is 0 Å². The molecule has 1 aromatic rings. The van der Waals surface area contributed by atoms with Crippen molar-refractivity contribution < 1.29 is 19.4 Å². The molecular formula is C24H35NO4. The molecule has 1 amide bonds. The zero-order chi connectivity index (χ0) is 21.4. The summed E-state index contributed by atoms with van der Waals surface area (Å²) in [5, 5.41) is 12.2. The van der Waals surface area contributed by atoms with Gasteiger partial charge < -0.3 is 15.2 Å². The van der Waals surface area contributed by atoms with E-state index < -0.39 is 11.4 Å². The fraction of sp³-hybridized carbons (Fsp3) is 0.583. The summed E-state index contributed by atoms with van der Waals surface area (Å²) in [6.07, 6.45) is 7.85. The first-order valence-corrected chi connectivity index (χ1v) is 10.6. The minimum absolute atomic E-state index is 0.126. The lowest BCUT2D eigenvalue weighted by Crippen LogP contribution is -2.30. The number of aryl methyl sites for hydroxylation is 1. The normalized spacial score (nSPS) is 20.3. The molecule has 1 saturated carbocycles. The van der Waals surface area contributed by atoms with Crippen molar-refractivity contribution in [1.82, 2.24) is 5.32 Å². The van der Waals surface area contributed by atoms with E-state index in [0.29, 0.717) is 24.5 Å². The van der Waals surface area contributed by atoms with E-state index in [1.165, 1.54) is 0 Å². The molecule has 0 spiro atoms. The molecule has 5 heteroatoms. The van der Waals surface area contributed by atoms with E-state index in [0.717, 1.165) is 43.4 Å². The number of carbonyl (C=O) groups excluding carboxylic acids is 1. The number of hydrogen-bond acceptors (Lipinski definition) is 3. The van der Waals surface area contributed by atoms with Gasteiger partial charge in [-0.05, 0) is 71.4 Å². The van der Waals surface area contributed by atoms with E-state index in [1.807, 2.05) is 44.2 Å². The first-order chi connectivity index (χ1) is 13.7. The zero-order valence-electron chi connectivity index (χ0n) is 18.2. The van der Waals surface area contributed by atoms with E-state index in [4.69, 9.17) is 4.74 Å². The third kappa shape index (κ3) is 7.32. The monoisotopic (exact) mass is 401 g/mol. The van der Waals surface area contributed by atoms with E-state index in [1.54, 1.807) is 13.8 Å². The second-order valence-corrected chi connectivity index (χ2v) is 8.83. The molecule has 1 aliphatic carbocycles. The number of carboxylic acids is 1. The Bertz CT molecular complexity index is 721. The molecular weight excluding hydrogens is 366 g/mol. The predicted octanol–water partition coefficient (Wildman–Crippen LogP) is 5.10. The number of carbonyl (C=O) groups is 2. The summed E-state index contributed by atoms with van der Waals surface area (Å²) < 4.78 is 6.10. The van der Waals surface area contributed by atoms with Gasteiger partial charge in [-0.3, -0.25) is 9.59 Å². The van der Waals surface area contributed by atoms with Gasteiger partial charge in [0.15, 0.2) is 0 Å². The molecule has 2 unspecified atom stereocenters. The third-order valence-electron chi connectivity index (χ3n) is 5.90. The molecule has 0 aliphatic heterocycles. The van der Waals surface area contributed by atoms with Crippen LogP contribution in [-0.4, -0.2) is 29.7 Å². The number of allylic oxidation sites excluding steroid dienone is 1. The van der Waals surface area contributed by atoms with E-state index in [-0.39, 0.29) is 12.0 Å². The number of carboxylic acid groups (broad SMARTS) is 1.